The van der Waals surface area contributed by atoms with Crippen LogP contribution >= 0.6 is 11.8 Å². The number of rotatable bonds is 2. The van der Waals surface area contributed by atoms with Crippen LogP contribution in [-0.4, -0.2) is 15.7 Å². The molecular formula is C18H20N2O3S. The van der Waals surface area contributed by atoms with Crippen molar-refractivity contribution in [1.82, 2.24) is 9.13 Å². The van der Waals surface area contributed by atoms with E-state index in [2.05, 4.69) is 17.5 Å². The number of nitrogens with zero attached hydrogens (tertiary/aromatic N) is 2. The molecular weight excluding hydrogens is 324 g/mol. The number of aromatic nitrogens is 2. The summed E-state index contributed by atoms with van der Waals surface area (Å²) < 4.78 is 8.42. The van der Waals surface area contributed by atoms with Gasteiger partial charge in [0.1, 0.15) is 6.61 Å². The molecule has 5 nitrogen and oxygen atoms in total. The van der Waals surface area contributed by atoms with Crippen LogP contribution in [-0.2, 0) is 20.5 Å². The highest BCUT2D eigenvalue weighted by Crippen LogP contribution is 2.25. The van der Waals surface area contributed by atoms with Gasteiger partial charge in [0, 0.05) is 19.0 Å². The number of hydrogen-bond acceptors (Lipinski definition) is 4. The van der Waals surface area contributed by atoms with E-state index in [0.717, 1.165) is 23.0 Å². The molecule has 1 aliphatic rings. The Labute approximate surface area is 144 Å². The molecule has 1 aliphatic heterocycles. The Morgan fingerprint density at radius 2 is 1.83 bits per heavy atom. The van der Waals surface area contributed by atoms with Crippen molar-refractivity contribution in [2.45, 2.75) is 24.2 Å². The fourth-order valence-corrected chi connectivity index (χ4v) is 3.55. The van der Waals surface area contributed by atoms with Crippen LogP contribution in [0.1, 0.15) is 18.5 Å². The van der Waals surface area contributed by atoms with Crippen molar-refractivity contribution in [2.75, 3.05) is 6.61 Å². The summed E-state index contributed by atoms with van der Waals surface area (Å²) in [6.07, 6.45) is 2.44. The van der Waals surface area contributed by atoms with Crippen molar-refractivity contribution < 1.29 is 4.74 Å². The molecule has 1 aromatic carbocycles. The molecule has 0 spiro atoms. The van der Waals surface area contributed by atoms with E-state index in [4.69, 9.17) is 4.74 Å². The zero-order valence-electron chi connectivity index (χ0n) is 13.8. The normalized spacial score (nSPS) is 16.2. The third-order valence-electron chi connectivity index (χ3n) is 4.16. The first kappa shape index (κ1) is 16.6. The van der Waals surface area contributed by atoms with Crippen molar-refractivity contribution >= 4 is 11.8 Å². The predicted molar refractivity (Wildman–Crippen MR) is 95.7 cm³/mol. The molecule has 2 aromatic rings. The van der Waals surface area contributed by atoms with Gasteiger partial charge in [0.2, 0.25) is 5.75 Å². The summed E-state index contributed by atoms with van der Waals surface area (Å²) in [7, 11) is 3.17. The maximum absolute atomic E-state index is 12.3. The van der Waals surface area contributed by atoms with E-state index < -0.39 is 0 Å². The van der Waals surface area contributed by atoms with E-state index in [1.165, 1.54) is 16.5 Å². The fourth-order valence-electron chi connectivity index (χ4n) is 2.74. The average molecular weight is 344 g/mol. The highest BCUT2D eigenvalue weighted by atomic mass is 32.2. The number of hydrogen-bond donors (Lipinski definition) is 0. The van der Waals surface area contributed by atoms with Gasteiger partial charge in [-0.05, 0) is 42.4 Å². The topological polar surface area (TPSA) is 53.2 Å². The molecule has 24 heavy (non-hydrogen) atoms. The minimum Gasteiger partial charge on any atom is -0.482 e. The van der Waals surface area contributed by atoms with Crippen molar-refractivity contribution in [2.24, 2.45) is 14.1 Å². The molecule has 0 aliphatic carbocycles. The second kappa shape index (κ2) is 7.13. The number of thioether (sulfide) groups is 1. The lowest BCUT2D eigenvalue weighted by Crippen LogP contribution is -2.40. The van der Waals surface area contributed by atoms with Crippen LogP contribution in [0, 0.1) is 0 Å². The van der Waals surface area contributed by atoms with Gasteiger partial charge in [-0.25, -0.2) is 4.79 Å². The average Bonchev–Trinajstić information content (AvgIpc) is 2.58. The highest BCUT2D eigenvalue weighted by molar-refractivity contribution is 8.02. The summed E-state index contributed by atoms with van der Waals surface area (Å²) in [5, 5.41) is 2.10. The molecule has 0 atom stereocenters. The molecule has 3 rings (SSSR count). The van der Waals surface area contributed by atoms with Crippen LogP contribution in [0.25, 0.3) is 0 Å². The van der Waals surface area contributed by atoms with Crippen LogP contribution < -0.4 is 16.0 Å². The summed E-state index contributed by atoms with van der Waals surface area (Å²) >= 11 is 1.66. The monoisotopic (exact) mass is 344 g/mol. The smallest absolute Gasteiger partial charge is 0.330 e. The van der Waals surface area contributed by atoms with E-state index >= 15 is 0 Å². The largest absolute Gasteiger partial charge is 0.482 e. The molecule has 2 heterocycles. The molecule has 0 unspecified atom stereocenters. The SMILES string of the molecule is Cn1c2c(c(=O)n(C)c1=O)OC/C(=C\Sc1ccccc1)CCC2. The lowest BCUT2D eigenvalue weighted by atomic mass is 10.1. The van der Waals surface area contributed by atoms with Crippen molar-refractivity contribution in [1.29, 1.82) is 0 Å². The Kier molecular flexibility index (Phi) is 4.94. The van der Waals surface area contributed by atoms with Gasteiger partial charge >= 0.3 is 5.69 Å². The molecule has 0 fully saturated rings. The Morgan fingerprint density at radius 3 is 2.58 bits per heavy atom. The van der Waals surface area contributed by atoms with Gasteiger partial charge in [0.05, 0.1) is 5.69 Å². The minimum absolute atomic E-state index is 0.301. The first-order chi connectivity index (χ1) is 11.6. The number of benzene rings is 1. The zero-order valence-corrected chi connectivity index (χ0v) is 14.6. The molecule has 0 N–H and O–H groups in total. The van der Waals surface area contributed by atoms with Gasteiger partial charge in [-0.2, -0.15) is 0 Å². The number of fused-ring (bicyclic) bond motifs is 1. The second-order valence-corrected chi connectivity index (χ2v) is 6.77. The van der Waals surface area contributed by atoms with Crippen LogP contribution in [0.2, 0.25) is 0 Å². The summed E-state index contributed by atoms with van der Waals surface area (Å²) in [6, 6.07) is 10.1. The molecule has 126 valence electrons. The summed E-state index contributed by atoms with van der Waals surface area (Å²) in [6.45, 7) is 0.375. The molecule has 0 saturated carbocycles. The Hall–Kier alpha value is -2.21. The Bertz CT molecular complexity index is 882. The summed E-state index contributed by atoms with van der Waals surface area (Å²) in [5.74, 6) is 0.301. The lowest BCUT2D eigenvalue weighted by Gasteiger charge is -2.19. The zero-order chi connectivity index (χ0) is 17.1. The Morgan fingerprint density at radius 1 is 1.08 bits per heavy atom. The quantitative estimate of drug-likeness (QED) is 0.786. The second-order valence-electron chi connectivity index (χ2n) is 5.83. The fraction of sp³-hybridized carbons (Fsp3) is 0.333. The summed E-state index contributed by atoms with van der Waals surface area (Å²) in [4.78, 5) is 25.5. The van der Waals surface area contributed by atoms with Gasteiger partial charge in [-0.15, -0.1) is 0 Å². The van der Waals surface area contributed by atoms with Gasteiger partial charge in [-0.3, -0.25) is 13.9 Å². The molecule has 1 aromatic heterocycles. The maximum Gasteiger partial charge on any atom is 0.330 e. The predicted octanol–water partition coefficient (Wildman–Crippen LogP) is 2.48. The molecule has 0 saturated heterocycles. The van der Waals surface area contributed by atoms with E-state index in [1.807, 2.05) is 18.2 Å². The molecule has 6 heteroatoms. The van der Waals surface area contributed by atoms with Crippen LogP contribution in [0.3, 0.4) is 0 Å². The van der Waals surface area contributed by atoms with Crippen molar-refractivity contribution in [3.8, 4) is 5.75 Å². The van der Waals surface area contributed by atoms with Crippen LogP contribution in [0.5, 0.6) is 5.75 Å². The summed E-state index contributed by atoms with van der Waals surface area (Å²) in [5.41, 5.74) is 1.19. The van der Waals surface area contributed by atoms with Gasteiger partial charge in [0.15, 0.2) is 0 Å². The van der Waals surface area contributed by atoms with Gasteiger partial charge in [0.25, 0.3) is 5.56 Å². The van der Waals surface area contributed by atoms with E-state index in [0.29, 0.717) is 24.5 Å². The van der Waals surface area contributed by atoms with Crippen molar-refractivity contribution in [3.05, 3.63) is 67.8 Å². The highest BCUT2D eigenvalue weighted by Gasteiger charge is 2.19. The number of ether oxygens (including phenoxy) is 1. The molecule has 0 bridgehead atoms. The standard InChI is InChI=1S/C18H20N2O3S/c1-19-15-10-6-7-13(12-24-14-8-4-3-5-9-14)11-23-16(15)17(21)20(2)18(19)22/h3-5,8-9,12H,6-7,10-11H2,1-2H3/b13-12-. The van der Waals surface area contributed by atoms with Crippen LogP contribution in [0.4, 0.5) is 0 Å². The lowest BCUT2D eigenvalue weighted by molar-refractivity contribution is 0.320. The van der Waals surface area contributed by atoms with E-state index in [9.17, 15) is 9.59 Å². The van der Waals surface area contributed by atoms with Crippen molar-refractivity contribution in [3.63, 3.8) is 0 Å². The van der Waals surface area contributed by atoms with E-state index in [1.54, 1.807) is 18.8 Å². The molecule has 0 radical (unpaired) electrons. The van der Waals surface area contributed by atoms with Gasteiger partial charge in [-0.1, -0.05) is 30.0 Å². The maximum atomic E-state index is 12.3. The van der Waals surface area contributed by atoms with E-state index in [-0.39, 0.29) is 11.2 Å². The Balaban J connectivity index is 1.85. The minimum atomic E-state index is -0.356. The third kappa shape index (κ3) is 3.33. The first-order valence-electron chi connectivity index (χ1n) is 7.89. The third-order valence-corrected chi connectivity index (χ3v) is 5.15. The molecule has 0 amide bonds. The van der Waals surface area contributed by atoms with Crippen LogP contribution in [0.15, 0.2) is 55.8 Å². The first-order valence-corrected chi connectivity index (χ1v) is 8.77. The van der Waals surface area contributed by atoms with Gasteiger partial charge < -0.3 is 4.74 Å².